The highest BCUT2D eigenvalue weighted by molar-refractivity contribution is 6.31. The fourth-order valence-corrected chi connectivity index (χ4v) is 2.88. The van der Waals surface area contributed by atoms with Crippen LogP contribution in [0.5, 0.6) is 0 Å². The number of anilines is 1. The topological polar surface area (TPSA) is 93.1 Å². The average Bonchev–Trinajstić information content (AvgIpc) is 2.66. The Hall–Kier alpha value is -3.19. The van der Waals surface area contributed by atoms with E-state index in [1.165, 1.54) is 10.9 Å². The van der Waals surface area contributed by atoms with Crippen molar-refractivity contribution in [3.8, 4) is 0 Å². The molecule has 1 aromatic heterocycles. The van der Waals surface area contributed by atoms with Gasteiger partial charge < -0.3 is 10.6 Å². The maximum absolute atomic E-state index is 12.4. The molecule has 0 bridgehead atoms. The van der Waals surface area contributed by atoms with Crippen molar-refractivity contribution in [2.24, 2.45) is 0 Å². The van der Waals surface area contributed by atoms with Gasteiger partial charge in [0, 0.05) is 10.7 Å². The highest BCUT2D eigenvalue weighted by Gasteiger charge is 2.11. The molecule has 0 fully saturated rings. The Morgan fingerprint density at radius 1 is 1.14 bits per heavy atom. The van der Waals surface area contributed by atoms with Crippen LogP contribution in [0.15, 0.2) is 47.5 Å². The van der Waals surface area contributed by atoms with Crippen LogP contribution < -0.4 is 16.2 Å². The van der Waals surface area contributed by atoms with E-state index in [0.29, 0.717) is 21.6 Å². The Morgan fingerprint density at radius 3 is 2.71 bits per heavy atom. The van der Waals surface area contributed by atoms with Crippen molar-refractivity contribution in [2.75, 3.05) is 11.9 Å². The minimum atomic E-state index is -0.465. The zero-order valence-corrected chi connectivity index (χ0v) is 16.2. The molecule has 0 radical (unpaired) electrons. The van der Waals surface area contributed by atoms with E-state index in [-0.39, 0.29) is 24.6 Å². The second-order valence-corrected chi connectivity index (χ2v) is 6.85. The summed E-state index contributed by atoms with van der Waals surface area (Å²) >= 11 is 5.89. The Bertz CT molecular complexity index is 1120. The maximum atomic E-state index is 12.4. The number of aryl methyl sites for hydroxylation is 1. The zero-order chi connectivity index (χ0) is 20.3. The maximum Gasteiger partial charge on any atom is 0.261 e. The lowest BCUT2D eigenvalue weighted by Crippen LogP contribution is -2.37. The fraction of sp³-hybridized carbons (Fsp3) is 0.200. The van der Waals surface area contributed by atoms with Gasteiger partial charge in [-0.05, 0) is 49.2 Å². The average molecular weight is 399 g/mol. The normalized spacial score (nSPS) is 10.7. The van der Waals surface area contributed by atoms with Gasteiger partial charge in [0.05, 0.1) is 23.8 Å². The van der Waals surface area contributed by atoms with Crippen molar-refractivity contribution in [3.05, 3.63) is 69.2 Å². The SMILES string of the molecule is Cc1cccc(NC(=O)CNC(=O)Cn2cnc3cc(Cl)ccc3c2=O)c1C. The number of hydrogen-bond acceptors (Lipinski definition) is 4. The molecule has 0 unspecified atom stereocenters. The quantitative estimate of drug-likeness (QED) is 0.690. The molecule has 7 nitrogen and oxygen atoms in total. The lowest BCUT2D eigenvalue weighted by Gasteiger charge is -2.11. The highest BCUT2D eigenvalue weighted by atomic mass is 35.5. The molecule has 0 aliphatic carbocycles. The van der Waals surface area contributed by atoms with Crippen LogP contribution in [-0.2, 0) is 16.1 Å². The number of amides is 2. The van der Waals surface area contributed by atoms with E-state index in [1.807, 2.05) is 26.0 Å². The third-order valence-corrected chi connectivity index (χ3v) is 4.66. The number of nitrogens with one attached hydrogen (secondary N) is 2. The van der Waals surface area contributed by atoms with E-state index in [4.69, 9.17) is 11.6 Å². The Balaban J connectivity index is 1.61. The van der Waals surface area contributed by atoms with Gasteiger partial charge in [0.15, 0.2) is 0 Å². The van der Waals surface area contributed by atoms with Crippen LogP contribution in [0, 0.1) is 13.8 Å². The van der Waals surface area contributed by atoms with Gasteiger partial charge in [0.1, 0.15) is 6.54 Å². The second kappa shape index (κ2) is 8.22. The molecule has 144 valence electrons. The molecule has 3 aromatic rings. The van der Waals surface area contributed by atoms with Crippen LogP contribution >= 0.6 is 11.6 Å². The van der Waals surface area contributed by atoms with Gasteiger partial charge in [0.2, 0.25) is 11.8 Å². The van der Waals surface area contributed by atoms with Crippen molar-refractivity contribution < 1.29 is 9.59 Å². The third kappa shape index (κ3) is 4.37. The summed E-state index contributed by atoms with van der Waals surface area (Å²) in [5, 5.41) is 6.12. The smallest absolute Gasteiger partial charge is 0.261 e. The van der Waals surface area contributed by atoms with E-state index >= 15 is 0 Å². The van der Waals surface area contributed by atoms with Crippen LogP contribution in [0.3, 0.4) is 0 Å². The van der Waals surface area contributed by atoms with Crippen LogP contribution in [-0.4, -0.2) is 27.9 Å². The summed E-state index contributed by atoms with van der Waals surface area (Å²) in [5.74, 6) is -0.811. The number of benzene rings is 2. The number of carbonyl (C=O) groups excluding carboxylic acids is 2. The van der Waals surface area contributed by atoms with Crippen LogP contribution in [0.2, 0.25) is 5.02 Å². The Kier molecular flexibility index (Phi) is 5.75. The predicted octanol–water partition coefficient (Wildman–Crippen LogP) is 2.42. The molecule has 0 spiro atoms. The summed E-state index contributed by atoms with van der Waals surface area (Å²) in [7, 11) is 0. The molecule has 8 heteroatoms. The zero-order valence-electron chi connectivity index (χ0n) is 15.5. The summed E-state index contributed by atoms with van der Waals surface area (Å²) in [6.45, 7) is 3.44. The van der Waals surface area contributed by atoms with Crippen molar-refractivity contribution in [1.82, 2.24) is 14.9 Å². The largest absolute Gasteiger partial charge is 0.345 e. The number of carbonyl (C=O) groups is 2. The molecule has 2 amide bonds. The Morgan fingerprint density at radius 2 is 1.93 bits per heavy atom. The predicted molar refractivity (Wildman–Crippen MR) is 109 cm³/mol. The standard InChI is InChI=1S/C20H19ClN4O3/c1-12-4-3-5-16(13(12)2)24-18(26)9-22-19(27)10-25-11-23-17-8-14(21)6-7-15(17)20(25)28/h3-8,11H,9-10H2,1-2H3,(H,22,27)(H,24,26). The van der Waals surface area contributed by atoms with Gasteiger partial charge in [-0.3, -0.25) is 19.0 Å². The first-order valence-corrected chi connectivity index (χ1v) is 9.00. The van der Waals surface area contributed by atoms with E-state index < -0.39 is 5.91 Å². The molecular weight excluding hydrogens is 380 g/mol. The van der Waals surface area contributed by atoms with E-state index in [0.717, 1.165) is 11.1 Å². The van der Waals surface area contributed by atoms with Gasteiger partial charge in [-0.15, -0.1) is 0 Å². The number of fused-ring (bicyclic) bond motifs is 1. The Labute approximate surface area is 166 Å². The monoisotopic (exact) mass is 398 g/mol. The second-order valence-electron chi connectivity index (χ2n) is 6.41. The van der Waals surface area contributed by atoms with Gasteiger partial charge in [0.25, 0.3) is 5.56 Å². The first kappa shape index (κ1) is 19.6. The van der Waals surface area contributed by atoms with Crippen molar-refractivity contribution in [3.63, 3.8) is 0 Å². The number of nitrogens with zero attached hydrogens (tertiary/aromatic N) is 2. The molecule has 0 aliphatic rings. The van der Waals surface area contributed by atoms with E-state index in [9.17, 15) is 14.4 Å². The molecule has 0 saturated carbocycles. The van der Waals surface area contributed by atoms with Crippen LogP contribution in [0.25, 0.3) is 10.9 Å². The first-order valence-electron chi connectivity index (χ1n) is 8.62. The number of halogens is 1. The highest BCUT2D eigenvalue weighted by Crippen LogP contribution is 2.17. The van der Waals surface area contributed by atoms with Gasteiger partial charge >= 0.3 is 0 Å². The van der Waals surface area contributed by atoms with E-state index in [1.54, 1.807) is 24.3 Å². The molecule has 2 N–H and O–H groups in total. The van der Waals surface area contributed by atoms with E-state index in [2.05, 4.69) is 15.6 Å². The number of rotatable bonds is 5. The molecule has 0 atom stereocenters. The minimum Gasteiger partial charge on any atom is -0.345 e. The first-order chi connectivity index (χ1) is 13.3. The summed E-state index contributed by atoms with van der Waals surface area (Å²) in [6.07, 6.45) is 1.29. The molecule has 0 saturated heterocycles. The van der Waals surface area contributed by atoms with Crippen molar-refractivity contribution in [2.45, 2.75) is 20.4 Å². The van der Waals surface area contributed by atoms with Crippen LogP contribution in [0.1, 0.15) is 11.1 Å². The van der Waals surface area contributed by atoms with Crippen LogP contribution in [0.4, 0.5) is 5.69 Å². The summed E-state index contributed by atoms with van der Waals surface area (Å²) in [5.41, 5.74) is 2.84. The molecule has 2 aromatic carbocycles. The number of aromatic nitrogens is 2. The molecule has 1 heterocycles. The molecule has 28 heavy (non-hydrogen) atoms. The fourth-order valence-electron chi connectivity index (χ4n) is 2.71. The molecule has 0 aliphatic heterocycles. The lowest BCUT2D eigenvalue weighted by atomic mass is 10.1. The van der Waals surface area contributed by atoms with Crippen molar-refractivity contribution in [1.29, 1.82) is 0 Å². The summed E-state index contributed by atoms with van der Waals surface area (Å²) in [6, 6.07) is 10.3. The van der Waals surface area contributed by atoms with Gasteiger partial charge in [-0.2, -0.15) is 0 Å². The lowest BCUT2D eigenvalue weighted by molar-refractivity contribution is -0.124. The van der Waals surface area contributed by atoms with Gasteiger partial charge in [-0.25, -0.2) is 4.98 Å². The minimum absolute atomic E-state index is 0.197. The summed E-state index contributed by atoms with van der Waals surface area (Å²) in [4.78, 5) is 40.8. The number of hydrogen-bond donors (Lipinski definition) is 2. The summed E-state index contributed by atoms with van der Waals surface area (Å²) < 4.78 is 1.19. The molecular formula is C20H19ClN4O3. The van der Waals surface area contributed by atoms with Crippen molar-refractivity contribution >= 4 is 40.0 Å². The van der Waals surface area contributed by atoms with Gasteiger partial charge in [-0.1, -0.05) is 23.7 Å². The third-order valence-electron chi connectivity index (χ3n) is 4.43. The molecule has 3 rings (SSSR count).